The smallest absolute Gasteiger partial charge is 0.328 e. The summed E-state index contributed by atoms with van der Waals surface area (Å²) in [4.78, 5) is 47.5. The second-order valence-electron chi connectivity index (χ2n) is 7.70. The summed E-state index contributed by atoms with van der Waals surface area (Å²) >= 11 is 12.0. The van der Waals surface area contributed by atoms with E-state index in [1.165, 1.54) is 0 Å². The van der Waals surface area contributed by atoms with E-state index in [0.717, 1.165) is 44.5 Å². The highest BCUT2D eigenvalue weighted by Crippen LogP contribution is 2.24. The first-order chi connectivity index (χ1) is 15.2. The maximum Gasteiger partial charge on any atom is 0.328 e. The van der Waals surface area contributed by atoms with Crippen LogP contribution in [0.4, 0.5) is 0 Å². The SMILES string of the molecule is O=C(O)C=CC(=O)O.O=C1CCN(CC2CCCCN2C(=O)Cc2ccc(Cl)c(Cl)c2)C1. The van der Waals surface area contributed by atoms with Gasteiger partial charge in [0.15, 0.2) is 0 Å². The van der Waals surface area contributed by atoms with Gasteiger partial charge in [0.05, 0.1) is 23.0 Å². The lowest BCUT2D eigenvalue weighted by atomic mass is 10.00. The molecule has 0 radical (unpaired) electrons. The van der Waals surface area contributed by atoms with Crippen LogP contribution < -0.4 is 0 Å². The van der Waals surface area contributed by atoms with Gasteiger partial charge >= 0.3 is 11.9 Å². The number of likely N-dealkylation sites (tertiary alicyclic amines) is 2. The largest absolute Gasteiger partial charge is 0.478 e. The Kier molecular flexibility index (Phi) is 10.2. The number of nitrogens with zero attached hydrogens (tertiary/aromatic N) is 2. The van der Waals surface area contributed by atoms with E-state index >= 15 is 0 Å². The first kappa shape index (κ1) is 25.8. The van der Waals surface area contributed by atoms with Gasteiger partial charge in [0.25, 0.3) is 0 Å². The second kappa shape index (κ2) is 12.6. The number of amides is 1. The van der Waals surface area contributed by atoms with E-state index in [0.29, 0.717) is 47.4 Å². The number of hydrogen-bond acceptors (Lipinski definition) is 5. The van der Waals surface area contributed by atoms with Crippen molar-refractivity contribution in [1.82, 2.24) is 9.80 Å². The molecular formula is C22H26Cl2N2O6. The molecule has 10 heteroatoms. The number of piperidine rings is 1. The zero-order valence-corrected chi connectivity index (χ0v) is 19.0. The molecule has 2 aliphatic rings. The highest BCUT2D eigenvalue weighted by molar-refractivity contribution is 6.42. The van der Waals surface area contributed by atoms with Crippen molar-refractivity contribution >= 4 is 46.8 Å². The second-order valence-corrected chi connectivity index (χ2v) is 8.51. The number of hydrogen-bond donors (Lipinski definition) is 2. The number of ketones is 1. The van der Waals surface area contributed by atoms with Crippen molar-refractivity contribution in [3.8, 4) is 0 Å². The summed E-state index contributed by atoms with van der Waals surface area (Å²) in [6, 6.07) is 5.56. The third-order valence-electron chi connectivity index (χ3n) is 5.23. The molecule has 0 aromatic heterocycles. The van der Waals surface area contributed by atoms with E-state index in [9.17, 15) is 19.2 Å². The topological polar surface area (TPSA) is 115 Å². The van der Waals surface area contributed by atoms with Crippen LogP contribution in [0.2, 0.25) is 10.0 Å². The maximum atomic E-state index is 12.8. The quantitative estimate of drug-likeness (QED) is 0.596. The lowest BCUT2D eigenvalue weighted by Gasteiger charge is -2.38. The standard InChI is InChI=1S/C18H22Cl2N2O2.C4H4O4/c19-16-5-4-13(9-17(16)20)10-18(24)22-7-2-1-3-14(22)11-21-8-6-15(23)12-21;5-3(6)1-2-4(7)8/h4-5,9,14H,1-3,6-8,10-12H2;1-2H,(H,5,6)(H,7,8). The Bertz CT molecular complexity index is 873. The minimum atomic E-state index is -1.26. The molecule has 2 N–H and O–H groups in total. The predicted octanol–water partition coefficient (Wildman–Crippen LogP) is 2.90. The van der Waals surface area contributed by atoms with E-state index in [-0.39, 0.29) is 11.9 Å². The number of halogens is 2. The van der Waals surface area contributed by atoms with Crippen LogP contribution in [0.15, 0.2) is 30.4 Å². The number of Topliss-reactive ketones (excluding diaryl/α,β-unsaturated/α-hetero) is 1. The van der Waals surface area contributed by atoms with Crippen LogP contribution in [0.1, 0.15) is 31.2 Å². The molecule has 3 rings (SSSR count). The summed E-state index contributed by atoms with van der Waals surface area (Å²) in [5.41, 5.74) is 0.884. The molecule has 0 saturated carbocycles. The van der Waals surface area contributed by atoms with Gasteiger partial charge in [-0.3, -0.25) is 14.5 Å². The van der Waals surface area contributed by atoms with Crippen molar-refractivity contribution in [3.63, 3.8) is 0 Å². The number of aliphatic carboxylic acids is 2. The van der Waals surface area contributed by atoms with Gasteiger partial charge in [-0.15, -0.1) is 0 Å². The van der Waals surface area contributed by atoms with Crippen LogP contribution in [-0.4, -0.2) is 75.9 Å². The van der Waals surface area contributed by atoms with Crippen molar-refractivity contribution in [1.29, 1.82) is 0 Å². The zero-order chi connectivity index (χ0) is 23.7. The number of carboxylic acid groups (broad SMARTS) is 2. The van der Waals surface area contributed by atoms with E-state index in [1.807, 2.05) is 11.0 Å². The van der Waals surface area contributed by atoms with Crippen LogP contribution in [0.25, 0.3) is 0 Å². The fourth-order valence-electron chi connectivity index (χ4n) is 3.73. The third-order valence-corrected chi connectivity index (χ3v) is 5.97. The van der Waals surface area contributed by atoms with Crippen LogP contribution in [0.3, 0.4) is 0 Å². The number of carbonyl (C=O) groups excluding carboxylic acids is 2. The monoisotopic (exact) mass is 484 g/mol. The molecule has 174 valence electrons. The average molecular weight is 485 g/mol. The summed E-state index contributed by atoms with van der Waals surface area (Å²) in [6.07, 6.45) is 5.30. The molecule has 1 unspecified atom stereocenters. The van der Waals surface area contributed by atoms with Crippen molar-refractivity contribution in [3.05, 3.63) is 46.0 Å². The van der Waals surface area contributed by atoms with Gasteiger partial charge in [0, 0.05) is 44.2 Å². The van der Waals surface area contributed by atoms with Crippen molar-refractivity contribution < 1.29 is 29.4 Å². The maximum absolute atomic E-state index is 12.8. The summed E-state index contributed by atoms with van der Waals surface area (Å²) in [5.74, 6) is -2.08. The summed E-state index contributed by atoms with van der Waals surface area (Å²) in [7, 11) is 0. The first-order valence-electron chi connectivity index (χ1n) is 10.3. The molecule has 2 heterocycles. The normalized spacial score (nSPS) is 19.0. The molecular weight excluding hydrogens is 459 g/mol. The van der Waals surface area contributed by atoms with Crippen LogP contribution in [0.5, 0.6) is 0 Å². The molecule has 1 amide bonds. The van der Waals surface area contributed by atoms with Gasteiger partial charge in [0.2, 0.25) is 5.91 Å². The van der Waals surface area contributed by atoms with Gasteiger partial charge in [-0.1, -0.05) is 29.3 Å². The lowest BCUT2D eigenvalue weighted by molar-refractivity contribution is -0.134. The zero-order valence-electron chi connectivity index (χ0n) is 17.5. The molecule has 1 atom stereocenters. The van der Waals surface area contributed by atoms with Gasteiger partial charge in [-0.05, 0) is 37.0 Å². The minimum absolute atomic E-state index is 0.128. The summed E-state index contributed by atoms with van der Waals surface area (Å²) in [5, 5.41) is 16.6. The van der Waals surface area contributed by atoms with Crippen molar-refractivity contribution in [2.24, 2.45) is 0 Å². The van der Waals surface area contributed by atoms with Gasteiger partial charge in [-0.2, -0.15) is 0 Å². The van der Waals surface area contributed by atoms with Crippen molar-refractivity contribution in [2.45, 2.75) is 38.1 Å². The van der Waals surface area contributed by atoms with Crippen LogP contribution >= 0.6 is 23.2 Å². The van der Waals surface area contributed by atoms with E-state index in [4.69, 9.17) is 33.4 Å². The van der Waals surface area contributed by atoms with E-state index in [2.05, 4.69) is 4.90 Å². The van der Waals surface area contributed by atoms with E-state index < -0.39 is 11.9 Å². The van der Waals surface area contributed by atoms with Gasteiger partial charge in [0.1, 0.15) is 5.78 Å². The Balaban J connectivity index is 0.000000390. The van der Waals surface area contributed by atoms with Gasteiger partial charge in [-0.25, -0.2) is 9.59 Å². The molecule has 2 aliphatic heterocycles. The fourth-order valence-corrected chi connectivity index (χ4v) is 4.05. The Hall–Kier alpha value is -2.42. The fraction of sp³-hybridized carbons (Fsp3) is 0.455. The summed E-state index contributed by atoms with van der Waals surface area (Å²) < 4.78 is 0. The highest BCUT2D eigenvalue weighted by atomic mass is 35.5. The minimum Gasteiger partial charge on any atom is -0.478 e. The molecule has 2 saturated heterocycles. The molecule has 1 aromatic carbocycles. The predicted molar refractivity (Wildman–Crippen MR) is 120 cm³/mol. The number of carbonyl (C=O) groups is 4. The Morgan fingerprint density at radius 2 is 1.72 bits per heavy atom. The van der Waals surface area contributed by atoms with Crippen LogP contribution in [-0.2, 0) is 25.6 Å². The molecule has 0 spiro atoms. The summed E-state index contributed by atoms with van der Waals surface area (Å²) in [6.45, 7) is 2.96. The lowest BCUT2D eigenvalue weighted by Crippen LogP contribution is -2.49. The Morgan fingerprint density at radius 3 is 2.28 bits per heavy atom. The molecule has 0 bridgehead atoms. The third kappa shape index (κ3) is 8.61. The molecule has 32 heavy (non-hydrogen) atoms. The van der Waals surface area contributed by atoms with Crippen LogP contribution in [0, 0.1) is 0 Å². The molecule has 0 aliphatic carbocycles. The van der Waals surface area contributed by atoms with E-state index in [1.54, 1.807) is 12.1 Å². The number of rotatable bonds is 6. The molecule has 2 fully saturated rings. The Morgan fingerprint density at radius 1 is 1.03 bits per heavy atom. The molecule has 1 aromatic rings. The number of benzene rings is 1. The van der Waals surface area contributed by atoms with Gasteiger partial charge < -0.3 is 15.1 Å². The number of carboxylic acids is 2. The molecule has 8 nitrogen and oxygen atoms in total. The average Bonchev–Trinajstić information content (AvgIpc) is 3.14. The Labute approximate surface area is 196 Å². The van der Waals surface area contributed by atoms with Crippen molar-refractivity contribution in [2.75, 3.05) is 26.2 Å². The highest BCUT2D eigenvalue weighted by Gasteiger charge is 2.30. The first-order valence-corrected chi connectivity index (χ1v) is 11.0.